The molecule has 0 aliphatic rings. The lowest BCUT2D eigenvalue weighted by molar-refractivity contribution is 0.119. The van der Waals surface area contributed by atoms with Crippen molar-refractivity contribution in [1.29, 1.82) is 0 Å². The molecule has 0 heterocycles. The lowest BCUT2D eigenvalue weighted by Gasteiger charge is -2.29. The van der Waals surface area contributed by atoms with Crippen molar-refractivity contribution < 1.29 is 18.3 Å². The third kappa shape index (κ3) is 4.32. The van der Waals surface area contributed by atoms with Gasteiger partial charge in [-0.05, 0) is 31.0 Å². The average Bonchev–Trinajstić information content (AvgIpc) is 2.49. The monoisotopic (exact) mass is 335 g/mol. The standard InChI is InChI=1S/C14H22ClNO4S/c1-4-14(5-2,10-17)9-16-21(18,19)11-6-7-13(20-3)12(15)8-11/h6-8,16-17H,4-5,9-10H2,1-3H3. The van der Waals surface area contributed by atoms with Gasteiger partial charge in [0.15, 0.2) is 0 Å². The third-order valence-corrected chi connectivity index (χ3v) is 5.60. The van der Waals surface area contributed by atoms with Crippen LogP contribution in [0, 0.1) is 5.41 Å². The van der Waals surface area contributed by atoms with E-state index in [-0.39, 0.29) is 23.1 Å². The normalized spacial score (nSPS) is 12.4. The van der Waals surface area contributed by atoms with Gasteiger partial charge in [0.1, 0.15) is 5.75 Å². The Bertz CT molecular complexity index is 562. The van der Waals surface area contributed by atoms with Gasteiger partial charge < -0.3 is 9.84 Å². The van der Waals surface area contributed by atoms with Gasteiger partial charge in [0.25, 0.3) is 0 Å². The first-order valence-electron chi connectivity index (χ1n) is 6.78. The first-order valence-corrected chi connectivity index (χ1v) is 8.64. The number of sulfonamides is 1. The Morgan fingerprint density at radius 2 is 1.95 bits per heavy atom. The Morgan fingerprint density at radius 1 is 1.33 bits per heavy atom. The van der Waals surface area contributed by atoms with E-state index in [1.54, 1.807) is 0 Å². The van der Waals surface area contributed by atoms with Gasteiger partial charge >= 0.3 is 0 Å². The molecule has 1 aromatic rings. The van der Waals surface area contributed by atoms with Crippen LogP contribution in [0.2, 0.25) is 5.02 Å². The van der Waals surface area contributed by atoms with E-state index in [0.717, 1.165) is 0 Å². The van der Waals surface area contributed by atoms with Crippen molar-refractivity contribution in [3.05, 3.63) is 23.2 Å². The van der Waals surface area contributed by atoms with E-state index >= 15 is 0 Å². The molecule has 5 nitrogen and oxygen atoms in total. The van der Waals surface area contributed by atoms with E-state index in [9.17, 15) is 13.5 Å². The molecule has 0 spiro atoms. The Balaban J connectivity index is 2.94. The molecule has 0 fully saturated rings. The average molecular weight is 336 g/mol. The number of aliphatic hydroxyl groups is 1. The number of hydrogen-bond acceptors (Lipinski definition) is 4. The zero-order valence-electron chi connectivity index (χ0n) is 12.5. The lowest BCUT2D eigenvalue weighted by Crippen LogP contribution is -2.39. The van der Waals surface area contributed by atoms with Gasteiger partial charge in [0, 0.05) is 18.6 Å². The second-order valence-electron chi connectivity index (χ2n) is 4.99. The van der Waals surface area contributed by atoms with Crippen molar-refractivity contribution in [3.63, 3.8) is 0 Å². The molecule has 0 aliphatic carbocycles. The smallest absolute Gasteiger partial charge is 0.240 e. The first kappa shape index (κ1) is 18.2. The summed E-state index contributed by atoms with van der Waals surface area (Å²) in [4.78, 5) is 0.0762. The largest absolute Gasteiger partial charge is 0.495 e. The van der Waals surface area contributed by atoms with Gasteiger partial charge in [0.05, 0.1) is 17.0 Å². The van der Waals surface area contributed by atoms with Crippen LogP contribution in [-0.4, -0.2) is 33.8 Å². The van der Waals surface area contributed by atoms with E-state index in [4.69, 9.17) is 16.3 Å². The number of ether oxygens (including phenoxy) is 1. The molecule has 0 saturated carbocycles. The zero-order valence-corrected chi connectivity index (χ0v) is 14.1. The van der Waals surface area contributed by atoms with Crippen LogP contribution in [0.4, 0.5) is 0 Å². The molecule has 0 saturated heterocycles. The summed E-state index contributed by atoms with van der Waals surface area (Å²) >= 11 is 5.95. The minimum Gasteiger partial charge on any atom is -0.495 e. The van der Waals surface area contributed by atoms with Crippen molar-refractivity contribution in [3.8, 4) is 5.75 Å². The number of aliphatic hydroxyl groups excluding tert-OH is 1. The van der Waals surface area contributed by atoms with Crippen molar-refractivity contribution in [2.75, 3.05) is 20.3 Å². The molecule has 0 aliphatic heterocycles. The molecular weight excluding hydrogens is 314 g/mol. The predicted molar refractivity (Wildman–Crippen MR) is 83.3 cm³/mol. The van der Waals surface area contributed by atoms with Gasteiger partial charge in [-0.15, -0.1) is 0 Å². The number of methoxy groups -OCH3 is 1. The van der Waals surface area contributed by atoms with Crippen LogP contribution in [0.25, 0.3) is 0 Å². The summed E-state index contributed by atoms with van der Waals surface area (Å²) < 4.78 is 32.1. The minimum atomic E-state index is -3.67. The Hall–Kier alpha value is -0.820. The molecular formula is C14H22ClNO4S. The highest BCUT2D eigenvalue weighted by molar-refractivity contribution is 7.89. The van der Waals surface area contributed by atoms with E-state index in [2.05, 4.69) is 4.72 Å². The van der Waals surface area contributed by atoms with Crippen LogP contribution in [0.1, 0.15) is 26.7 Å². The molecule has 7 heteroatoms. The summed E-state index contributed by atoms with van der Waals surface area (Å²) in [6, 6.07) is 4.29. The zero-order chi connectivity index (χ0) is 16.1. The lowest BCUT2D eigenvalue weighted by atomic mass is 9.84. The van der Waals surface area contributed by atoms with Gasteiger partial charge in [-0.2, -0.15) is 0 Å². The Kier molecular flexibility index (Phi) is 6.46. The molecule has 1 aromatic carbocycles. The van der Waals surface area contributed by atoms with Crippen LogP contribution in [-0.2, 0) is 10.0 Å². The van der Waals surface area contributed by atoms with Gasteiger partial charge in [-0.1, -0.05) is 25.4 Å². The maximum absolute atomic E-state index is 12.3. The molecule has 120 valence electrons. The van der Waals surface area contributed by atoms with Gasteiger partial charge in [-0.3, -0.25) is 0 Å². The molecule has 21 heavy (non-hydrogen) atoms. The molecule has 2 N–H and O–H groups in total. The number of hydrogen-bond donors (Lipinski definition) is 2. The second-order valence-corrected chi connectivity index (χ2v) is 7.16. The topological polar surface area (TPSA) is 75.6 Å². The van der Waals surface area contributed by atoms with Crippen LogP contribution >= 0.6 is 11.6 Å². The molecule has 0 radical (unpaired) electrons. The van der Waals surface area contributed by atoms with E-state index in [1.807, 2.05) is 13.8 Å². The van der Waals surface area contributed by atoms with Crippen molar-refractivity contribution in [1.82, 2.24) is 4.72 Å². The van der Waals surface area contributed by atoms with Crippen LogP contribution in [0.3, 0.4) is 0 Å². The predicted octanol–water partition coefficient (Wildman–Crippen LogP) is 2.43. The highest BCUT2D eigenvalue weighted by Gasteiger charge is 2.28. The molecule has 0 aromatic heterocycles. The summed E-state index contributed by atoms with van der Waals surface area (Å²) in [5.74, 6) is 0.419. The summed E-state index contributed by atoms with van der Waals surface area (Å²) in [5.41, 5.74) is -0.441. The minimum absolute atomic E-state index is 0.0636. The van der Waals surface area contributed by atoms with Crippen molar-refractivity contribution >= 4 is 21.6 Å². The molecule has 0 unspecified atom stereocenters. The fourth-order valence-electron chi connectivity index (χ4n) is 1.93. The summed E-state index contributed by atoms with van der Waals surface area (Å²) in [6.45, 7) is 3.98. The van der Waals surface area contributed by atoms with Gasteiger partial charge in [0.2, 0.25) is 10.0 Å². The fraction of sp³-hybridized carbons (Fsp3) is 0.571. The van der Waals surface area contributed by atoms with Crippen molar-refractivity contribution in [2.45, 2.75) is 31.6 Å². The third-order valence-electron chi connectivity index (χ3n) is 3.91. The van der Waals surface area contributed by atoms with E-state index < -0.39 is 15.4 Å². The van der Waals surface area contributed by atoms with Crippen LogP contribution < -0.4 is 9.46 Å². The highest BCUT2D eigenvalue weighted by Crippen LogP contribution is 2.28. The quantitative estimate of drug-likeness (QED) is 0.765. The van der Waals surface area contributed by atoms with E-state index in [1.165, 1.54) is 25.3 Å². The molecule has 0 amide bonds. The summed E-state index contributed by atoms with van der Waals surface area (Å²) in [5, 5.41) is 9.72. The second kappa shape index (κ2) is 7.45. The molecule has 0 bridgehead atoms. The number of halogens is 1. The maximum Gasteiger partial charge on any atom is 0.240 e. The van der Waals surface area contributed by atoms with Gasteiger partial charge in [-0.25, -0.2) is 13.1 Å². The fourth-order valence-corrected chi connectivity index (χ4v) is 3.43. The summed E-state index contributed by atoms with van der Waals surface area (Å²) in [7, 11) is -2.21. The maximum atomic E-state index is 12.3. The SMILES string of the molecule is CCC(CC)(CO)CNS(=O)(=O)c1ccc(OC)c(Cl)c1. The van der Waals surface area contributed by atoms with E-state index in [0.29, 0.717) is 18.6 Å². The number of benzene rings is 1. The van der Waals surface area contributed by atoms with Crippen LogP contribution in [0.15, 0.2) is 23.1 Å². The Labute approximate surface area is 131 Å². The first-order chi connectivity index (χ1) is 9.84. The number of nitrogens with one attached hydrogen (secondary N) is 1. The van der Waals surface area contributed by atoms with Crippen molar-refractivity contribution in [2.24, 2.45) is 5.41 Å². The number of rotatable bonds is 8. The van der Waals surface area contributed by atoms with Crippen LogP contribution in [0.5, 0.6) is 5.75 Å². The molecule has 0 atom stereocenters. The summed E-state index contributed by atoms with van der Waals surface area (Å²) in [6.07, 6.45) is 1.37. The molecule has 1 rings (SSSR count). The highest BCUT2D eigenvalue weighted by atomic mass is 35.5. The Morgan fingerprint density at radius 3 is 2.38 bits per heavy atom.